The number of hydrogen-bond acceptors (Lipinski definition) is 3. The number of hydrogen-bond donors (Lipinski definition) is 2. The van der Waals surface area contributed by atoms with Crippen LogP contribution in [-0.2, 0) is 4.43 Å². The zero-order valence-corrected chi connectivity index (χ0v) is 16.4. The van der Waals surface area contributed by atoms with Crippen LogP contribution in [0.1, 0.15) is 20.8 Å². The highest BCUT2D eigenvalue weighted by Gasteiger charge is 2.37. The quantitative estimate of drug-likeness (QED) is 0.606. The molecule has 0 aromatic carbocycles. The Hall–Kier alpha value is -0.126. The Labute approximate surface area is 126 Å². The van der Waals surface area contributed by atoms with Crippen LogP contribution in [0.3, 0.4) is 0 Å². The maximum Gasteiger partial charge on any atom is 0.192 e. The average Bonchev–Trinajstić information content (AvgIpc) is 2.24. The second-order valence-electron chi connectivity index (χ2n) is 7.95. The van der Waals surface area contributed by atoms with E-state index in [1.165, 1.54) is 0 Å². The minimum absolute atomic E-state index is 0.117. The average molecular weight is 317 g/mol. The van der Waals surface area contributed by atoms with Gasteiger partial charge < -0.3 is 14.6 Å². The van der Waals surface area contributed by atoms with E-state index in [-0.39, 0.29) is 18.3 Å². The minimum Gasteiger partial charge on any atom is -0.414 e. The normalized spacial score (nSPS) is 16.3. The van der Waals surface area contributed by atoms with Gasteiger partial charge in [-0.25, -0.2) is 0 Å². The van der Waals surface area contributed by atoms with Crippen molar-refractivity contribution in [3.8, 4) is 11.5 Å². The van der Waals surface area contributed by atoms with E-state index < -0.39 is 28.4 Å². The van der Waals surface area contributed by atoms with E-state index in [1.54, 1.807) is 0 Å². The fourth-order valence-electron chi connectivity index (χ4n) is 1.20. The van der Waals surface area contributed by atoms with Crippen molar-refractivity contribution in [1.29, 1.82) is 0 Å². The summed E-state index contributed by atoms with van der Waals surface area (Å²) in [7, 11) is -3.35. The molecule has 0 spiro atoms. The second kappa shape index (κ2) is 7.23. The van der Waals surface area contributed by atoms with Gasteiger partial charge in [0, 0.05) is 0 Å². The van der Waals surface area contributed by atoms with Gasteiger partial charge in [0.1, 0.15) is 8.07 Å². The Morgan fingerprint density at radius 1 is 1.10 bits per heavy atom. The van der Waals surface area contributed by atoms with Crippen molar-refractivity contribution in [2.45, 2.75) is 64.6 Å². The molecular formula is C15H32O3Si2. The van der Waals surface area contributed by atoms with Crippen LogP contribution < -0.4 is 0 Å². The molecule has 0 aliphatic rings. The molecule has 0 aliphatic heterocycles. The van der Waals surface area contributed by atoms with Crippen LogP contribution in [0.5, 0.6) is 0 Å². The lowest BCUT2D eigenvalue weighted by Gasteiger charge is -2.37. The van der Waals surface area contributed by atoms with Gasteiger partial charge in [-0.15, -0.1) is 11.5 Å². The summed E-state index contributed by atoms with van der Waals surface area (Å²) >= 11 is 0. The van der Waals surface area contributed by atoms with Crippen molar-refractivity contribution in [3.05, 3.63) is 0 Å². The van der Waals surface area contributed by atoms with Crippen molar-refractivity contribution in [2.24, 2.45) is 5.92 Å². The van der Waals surface area contributed by atoms with E-state index in [4.69, 9.17) is 4.43 Å². The Morgan fingerprint density at radius 2 is 1.60 bits per heavy atom. The van der Waals surface area contributed by atoms with Gasteiger partial charge in [-0.05, 0) is 18.1 Å². The van der Waals surface area contributed by atoms with Crippen molar-refractivity contribution in [3.63, 3.8) is 0 Å². The molecule has 0 amide bonds. The lowest BCUT2D eigenvalue weighted by atomic mass is 10.1. The van der Waals surface area contributed by atoms with Crippen LogP contribution in [0.4, 0.5) is 0 Å². The molecule has 0 heterocycles. The molecule has 0 saturated carbocycles. The smallest absolute Gasteiger partial charge is 0.192 e. The molecule has 0 radical (unpaired) electrons. The molecular weight excluding hydrogens is 284 g/mol. The van der Waals surface area contributed by atoms with Crippen molar-refractivity contribution >= 4 is 16.4 Å². The molecule has 0 aromatic rings. The summed E-state index contributed by atoms with van der Waals surface area (Å²) in [4.78, 5) is 0. The van der Waals surface area contributed by atoms with E-state index in [2.05, 4.69) is 65.0 Å². The molecule has 3 nitrogen and oxygen atoms in total. The topological polar surface area (TPSA) is 49.7 Å². The maximum absolute atomic E-state index is 10.2. The first-order valence-corrected chi connectivity index (χ1v) is 13.7. The zero-order chi connectivity index (χ0) is 16.2. The summed E-state index contributed by atoms with van der Waals surface area (Å²) in [5.74, 6) is 2.62. The third-order valence-electron chi connectivity index (χ3n) is 3.71. The Bertz CT molecular complexity index is 356. The van der Waals surface area contributed by atoms with Gasteiger partial charge in [-0.2, -0.15) is 0 Å². The van der Waals surface area contributed by atoms with Gasteiger partial charge >= 0.3 is 0 Å². The predicted octanol–water partition coefficient (Wildman–Crippen LogP) is 2.86. The van der Waals surface area contributed by atoms with Crippen LogP contribution in [0.15, 0.2) is 0 Å². The van der Waals surface area contributed by atoms with E-state index in [1.807, 2.05) is 0 Å². The molecule has 5 heteroatoms. The first kappa shape index (κ1) is 19.9. The Kier molecular flexibility index (Phi) is 7.19. The highest BCUT2D eigenvalue weighted by molar-refractivity contribution is 6.83. The van der Waals surface area contributed by atoms with Gasteiger partial charge in [0.15, 0.2) is 8.32 Å². The van der Waals surface area contributed by atoms with Crippen molar-refractivity contribution in [2.75, 3.05) is 13.2 Å². The summed E-state index contributed by atoms with van der Waals surface area (Å²) in [5.41, 5.74) is 3.21. The van der Waals surface area contributed by atoms with E-state index in [0.29, 0.717) is 0 Å². The van der Waals surface area contributed by atoms with E-state index >= 15 is 0 Å². The standard InChI is InChI=1S/C15H32O3Si2/c1-15(2,3)20(7,8)18-12-14(17)13(11-16)9-10-19(4,5)6/h13-14,16-17H,11-12H2,1-8H3/t13-,14+/m0/s1. The molecule has 0 unspecified atom stereocenters. The molecule has 20 heavy (non-hydrogen) atoms. The summed E-state index contributed by atoms with van der Waals surface area (Å²) < 4.78 is 5.99. The molecule has 0 rings (SSSR count). The molecule has 0 bridgehead atoms. The third kappa shape index (κ3) is 7.05. The first-order valence-electron chi connectivity index (χ1n) is 7.26. The van der Waals surface area contributed by atoms with Gasteiger partial charge in [0.2, 0.25) is 0 Å². The summed E-state index contributed by atoms with van der Waals surface area (Å²) in [6.45, 7) is 17.4. The molecule has 0 saturated heterocycles. The lowest BCUT2D eigenvalue weighted by molar-refractivity contribution is 0.0488. The third-order valence-corrected chi connectivity index (χ3v) is 9.11. The van der Waals surface area contributed by atoms with Crippen LogP contribution in [-0.4, -0.2) is 45.9 Å². The summed E-state index contributed by atoms with van der Waals surface area (Å²) in [6.07, 6.45) is -0.724. The van der Waals surface area contributed by atoms with Crippen LogP contribution in [0.2, 0.25) is 37.8 Å². The molecule has 2 atom stereocenters. The van der Waals surface area contributed by atoms with Crippen LogP contribution >= 0.6 is 0 Å². The monoisotopic (exact) mass is 316 g/mol. The van der Waals surface area contributed by atoms with Crippen LogP contribution in [0, 0.1) is 17.4 Å². The number of rotatable bonds is 5. The fourth-order valence-corrected chi connectivity index (χ4v) is 2.84. The predicted molar refractivity (Wildman–Crippen MR) is 90.9 cm³/mol. The Morgan fingerprint density at radius 3 is 1.95 bits per heavy atom. The van der Waals surface area contributed by atoms with E-state index in [9.17, 15) is 10.2 Å². The molecule has 0 aromatic heterocycles. The van der Waals surface area contributed by atoms with Gasteiger partial charge in [0.05, 0.1) is 25.2 Å². The SMILES string of the molecule is CC(C)(C)[Si](C)(C)OC[C@@H](O)[C@@H](C#C[Si](C)(C)C)CO. The van der Waals surface area contributed by atoms with Crippen LogP contribution in [0.25, 0.3) is 0 Å². The highest BCUT2D eigenvalue weighted by atomic mass is 28.4. The van der Waals surface area contributed by atoms with Gasteiger partial charge in [-0.1, -0.05) is 40.4 Å². The highest BCUT2D eigenvalue weighted by Crippen LogP contribution is 2.36. The zero-order valence-electron chi connectivity index (χ0n) is 14.4. The first-order chi connectivity index (χ1) is 8.80. The number of aliphatic hydroxyl groups excluding tert-OH is 2. The summed E-state index contributed by atoms with van der Waals surface area (Å²) in [5, 5.41) is 19.7. The minimum atomic E-state index is -1.87. The van der Waals surface area contributed by atoms with Gasteiger partial charge in [0.25, 0.3) is 0 Å². The fraction of sp³-hybridized carbons (Fsp3) is 0.867. The lowest BCUT2D eigenvalue weighted by Crippen LogP contribution is -2.43. The second-order valence-corrected chi connectivity index (χ2v) is 17.5. The Balaban J connectivity index is 4.66. The molecule has 2 N–H and O–H groups in total. The van der Waals surface area contributed by atoms with E-state index in [0.717, 1.165) is 0 Å². The van der Waals surface area contributed by atoms with Crippen molar-refractivity contribution in [1.82, 2.24) is 0 Å². The summed E-state index contributed by atoms with van der Waals surface area (Å²) in [6, 6.07) is 0. The largest absolute Gasteiger partial charge is 0.414 e. The van der Waals surface area contributed by atoms with Crippen molar-refractivity contribution < 1.29 is 14.6 Å². The molecule has 118 valence electrons. The maximum atomic E-state index is 10.2. The molecule has 0 aliphatic carbocycles. The number of aliphatic hydroxyl groups is 2. The molecule has 0 fully saturated rings. The van der Waals surface area contributed by atoms with Gasteiger partial charge in [-0.3, -0.25) is 0 Å².